The SMILES string of the molecule is C=CC(=O)O.C=CC(=O)O.C=CC(=O)O.C=CC(=O)O.[Ti]. The van der Waals surface area contributed by atoms with Gasteiger partial charge in [0.25, 0.3) is 0 Å². The van der Waals surface area contributed by atoms with Gasteiger partial charge in [0.15, 0.2) is 0 Å². The molecule has 0 aliphatic heterocycles. The monoisotopic (exact) mass is 336 g/mol. The third-order valence-electron chi connectivity index (χ3n) is 0.698. The number of hydrogen-bond acceptors (Lipinski definition) is 4. The number of hydrogen-bond donors (Lipinski definition) is 4. The Morgan fingerprint density at radius 3 is 0.571 bits per heavy atom. The predicted molar refractivity (Wildman–Crippen MR) is 71.3 cm³/mol. The average Bonchev–Trinajstić information content (AvgIpc) is 2.40. The van der Waals surface area contributed by atoms with Gasteiger partial charge >= 0.3 is 23.9 Å². The van der Waals surface area contributed by atoms with E-state index in [1.165, 1.54) is 0 Å². The quantitative estimate of drug-likeness (QED) is 0.439. The van der Waals surface area contributed by atoms with E-state index in [1.807, 2.05) is 0 Å². The van der Waals surface area contributed by atoms with Crippen molar-refractivity contribution in [3.05, 3.63) is 50.6 Å². The second-order valence-corrected chi connectivity index (χ2v) is 2.17. The molecule has 0 unspecified atom stereocenters. The summed E-state index contributed by atoms with van der Waals surface area (Å²) in [6.45, 7) is 11.8. The summed E-state index contributed by atoms with van der Waals surface area (Å²) in [6, 6.07) is 0. The normalized spacial score (nSPS) is 6.10. The number of carboxylic acids is 4. The number of rotatable bonds is 4. The van der Waals surface area contributed by atoms with Crippen molar-refractivity contribution in [2.75, 3.05) is 0 Å². The topological polar surface area (TPSA) is 149 Å². The molecule has 0 aromatic carbocycles. The van der Waals surface area contributed by atoms with Crippen LogP contribution in [0.1, 0.15) is 0 Å². The fourth-order valence-electron chi connectivity index (χ4n) is 0. The van der Waals surface area contributed by atoms with Crippen molar-refractivity contribution in [1.29, 1.82) is 0 Å². The third kappa shape index (κ3) is 138. The van der Waals surface area contributed by atoms with Gasteiger partial charge in [-0.3, -0.25) is 0 Å². The Hall–Kier alpha value is -2.45. The Morgan fingerprint density at radius 1 is 0.524 bits per heavy atom. The van der Waals surface area contributed by atoms with E-state index in [1.54, 1.807) is 0 Å². The maximum atomic E-state index is 9.25. The van der Waals surface area contributed by atoms with Crippen molar-refractivity contribution in [1.82, 2.24) is 0 Å². The van der Waals surface area contributed by atoms with Gasteiger partial charge in [-0.05, 0) is 0 Å². The van der Waals surface area contributed by atoms with Crippen molar-refractivity contribution >= 4 is 23.9 Å². The second kappa shape index (κ2) is 26.2. The standard InChI is InChI=1S/4C3H4O2.Ti/c4*1-2-3(4)5;/h4*2H,1H2,(H,4,5);. The third-order valence-corrected chi connectivity index (χ3v) is 0.698. The first kappa shape index (κ1) is 31.1. The van der Waals surface area contributed by atoms with Gasteiger partial charge in [-0.2, -0.15) is 0 Å². The molecule has 0 fully saturated rings. The predicted octanol–water partition coefficient (Wildman–Crippen LogP) is 1.03. The molecule has 8 nitrogen and oxygen atoms in total. The summed E-state index contributed by atoms with van der Waals surface area (Å²) in [4.78, 5) is 37.0. The van der Waals surface area contributed by atoms with Crippen LogP contribution in [0, 0.1) is 0 Å². The Morgan fingerprint density at radius 2 is 0.571 bits per heavy atom. The van der Waals surface area contributed by atoms with Gasteiger partial charge in [-0.1, -0.05) is 26.3 Å². The van der Waals surface area contributed by atoms with Gasteiger partial charge in [0.05, 0.1) is 0 Å². The van der Waals surface area contributed by atoms with Crippen molar-refractivity contribution in [2.45, 2.75) is 0 Å². The van der Waals surface area contributed by atoms with Crippen LogP contribution in [0.25, 0.3) is 0 Å². The summed E-state index contributed by atoms with van der Waals surface area (Å²) in [5.74, 6) is -3.93. The molecule has 0 aliphatic rings. The van der Waals surface area contributed by atoms with E-state index in [2.05, 4.69) is 26.3 Å². The first-order valence-electron chi connectivity index (χ1n) is 4.50. The Labute approximate surface area is 136 Å². The van der Waals surface area contributed by atoms with Gasteiger partial charge in [-0.25, -0.2) is 19.2 Å². The fraction of sp³-hybridized carbons (Fsp3) is 0. The Kier molecular flexibility index (Phi) is 38.8. The molecule has 0 saturated carbocycles. The van der Waals surface area contributed by atoms with Crippen LogP contribution in [0.2, 0.25) is 0 Å². The molecule has 116 valence electrons. The maximum Gasteiger partial charge on any atom is 0.327 e. The number of carboxylic acid groups (broad SMARTS) is 4. The number of aliphatic carboxylic acids is 4. The molecular formula is C12H16O8Ti. The molecule has 0 amide bonds. The van der Waals surface area contributed by atoms with E-state index < -0.39 is 23.9 Å². The van der Waals surface area contributed by atoms with Crippen LogP contribution in [0.5, 0.6) is 0 Å². The fourth-order valence-corrected chi connectivity index (χ4v) is 0. The molecular weight excluding hydrogens is 320 g/mol. The van der Waals surface area contributed by atoms with Crippen molar-refractivity contribution < 1.29 is 61.3 Å². The Bertz CT molecular complexity index is 301. The van der Waals surface area contributed by atoms with E-state index in [9.17, 15) is 19.2 Å². The van der Waals surface area contributed by atoms with Crippen LogP contribution in [0.4, 0.5) is 0 Å². The summed E-state index contributed by atoms with van der Waals surface area (Å²) in [5, 5.41) is 30.4. The summed E-state index contributed by atoms with van der Waals surface area (Å²) < 4.78 is 0. The molecule has 0 heterocycles. The first-order chi connectivity index (χ1) is 9.08. The minimum Gasteiger partial charge on any atom is -0.478 e. The molecule has 0 bridgehead atoms. The van der Waals surface area contributed by atoms with Crippen LogP contribution in [-0.4, -0.2) is 44.3 Å². The van der Waals surface area contributed by atoms with Crippen LogP contribution in [0.3, 0.4) is 0 Å². The molecule has 0 aromatic heterocycles. The second-order valence-electron chi connectivity index (χ2n) is 2.17. The number of carbonyl (C=O) groups is 4. The van der Waals surface area contributed by atoms with E-state index in [0.717, 1.165) is 24.3 Å². The van der Waals surface area contributed by atoms with E-state index in [4.69, 9.17) is 20.4 Å². The van der Waals surface area contributed by atoms with E-state index in [-0.39, 0.29) is 21.7 Å². The Balaban J connectivity index is -0.0000000533. The van der Waals surface area contributed by atoms with Gasteiger partial charge < -0.3 is 20.4 Å². The minimum atomic E-state index is -0.981. The van der Waals surface area contributed by atoms with Crippen molar-refractivity contribution in [3.8, 4) is 0 Å². The molecule has 21 heavy (non-hydrogen) atoms. The maximum absolute atomic E-state index is 9.25. The largest absolute Gasteiger partial charge is 0.478 e. The average molecular weight is 336 g/mol. The molecule has 4 N–H and O–H groups in total. The molecule has 0 aromatic rings. The molecule has 0 rings (SSSR count). The minimum absolute atomic E-state index is 0. The van der Waals surface area contributed by atoms with Crippen LogP contribution >= 0.6 is 0 Å². The molecule has 0 spiro atoms. The van der Waals surface area contributed by atoms with Crippen molar-refractivity contribution in [2.24, 2.45) is 0 Å². The zero-order chi connectivity index (χ0) is 17.1. The zero-order valence-electron chi connectivity index (χ0n) is 11.1. The molecule has 9 heteroatoms. The smallest absolute Gasteiger partial charge is 0.327 e. The molecule has 0 atom stereocenters. The van der Waals surface area contributed by atoms with Crippen molar-refractivity contribution in [3.63, 3.8) is 0 Å². The summed E-state index contributed by atoms with van der Waals surface area (Å²) in [6.07, 6.45) is 3.33. The zero-order valence-corrected chi connectivity index (χ0v) is 12.6. The first-order valence-corrected chi connectivity index (χ1v) is 4.50. The van der Waals surface area contributed by atoms with E-state index >= 15 is 0 Å². The van der Waals surface area contributed by atoms with Gasteiger partial charge in [0, 0.05) is 46.0 Å². The van der Waals surface area contributed by atoms with E-state index in [0.29, 0.717) is 0 Å². The van der Waals surface area contributed by atoms with Gasteiger partial charge in [-0.15, -0.1) is 0 Å². The van der Waals surface area contributed by atoms with Crippen LogP contribution in [-0.2, 0) is 40.9 Å². The molecule has 0 aliphatic carbocycles. The summed E-state index contributed by atoms with van der Waals surface area (Å²) in [7, 11) is 0. The summed E-state index contributed by atoms with van der Waals surface area (Å²) in [5.41, 5.74) is 0. The van der Waals surface area contributed by atoms with Crippen LogP contribution < -0.4 is 0 Å². The van der Waals surface area contributed by atoms with Gasteiger partial charge in [0.2, 0.25) is 0 Å². The summed E-state index contributed by atoms with van der Waals surface area (Å²) >= 11 is 0. The van der Waals surface area contributed by atoms with Gasteiger partial charge in [0.1, 0.15) is 0 Å². The van der Waals surface area contributed by atoms with Crippen LogP contribution in [0.15, 0.2) is 50.6 Å². The molecule has 0 saturated heterocycles. The molecule has 0 radical (unpaired) electrons.